The second-order valence-electron chi connectivity index (χ2n) is 41.4. The summed E-state index contributed by atoms with van der Waals surface area (Å²) in [4.78, 5) is 2.27. The number of benzene rings is 4. The van der Waals surface area contributed by atoms with E-state index in [0.717, 1.165) is 62.5 Å². The summed E-state index contributed by atoms with van der Waals surface area (Å²) in [6.07, 6.45) is 54.2. The molecule has 0 amide bonds. The molecule has 9 heteroatoms. The van der Waals surface area contributed by atoms with Gasteiger partial charge in [-0.25, -0.2) is 0 Å². The standard InChI is InChI=1S/C27H52P2.C26H36NP.C24H32P2.C16H32P2.C5H10.2CH3.Fe/c1-21(29(26(2,3)4)27(5,6)7)24-19-14-20-25(24)28(22-15-10-8-11-16-22)23-17-12-9-13-18-23;1-27(2)25-19-11-9-17-23(25)24-18-10-12-20-26(24)28(21-13-5-3-6-14-21)22-15-7-4-8-16-22;1-23(2,3)25-15-17-11-7-9-13-19(17)21(25)22-20-14-10-8-12-18(20)16-26(22)24(4,5)6;1-15(2,3)17-11-7-9-13(17)14-10-8-12-18(14)16(4,5)6;1-2-4-5-3-1;;;/h21-25H,8-20H2,1-7H3;9-12,17-22H,3-8,13-16H2,1-2H3;7-14,21-22H,15-16H2,1-6H3;13-14H,7-12H2,1-6H3;1-5H2;2*1H3;/q;;;;;2*-1;+2/t21-,24?,25?;;21-,22-,25+,26+;13-,14-,17+,18+;;;;/m1.11..../s1. The van der Waals surface area contributed by atoms with E-state index in [2.05, 4.69) is 248 Å². The van der Waals surface area contributed by atoms with Crippen LogP contribution in [-0.2, 0) is 29.4 Å². The molecule has 2 saturated heterocycles. The van der Waals surface area contributed by atoms with Crippen LogP contribution in [0.1, 0.15) is 371 Å². The van der Waals surface area contributed by atoms with Crippen LogP contribution >= 0.6 is 55.5 Å². The van der Waals surface area contributed by atoms with Gasteiger partial charge in [0.2, 0.25) is 0 Å². The van der Waals surface area contributed by atoms with Crippen molar-refractivity contribution in [2.75, 3.05) is 31.3 Å². The summed E-state index contributed by atoms with van der Waals surface area (Å²) in [5, 5.41) is 4.63. The Kier molecular flexibility index (Phi) is 38.4. The SMILES string of the molecule is C1CCCC1.CC(C)(C)[P@@]1CCC[C@@H]1[C@H]1CCC[P@]1C(C)(C)C.CC(C)(C)[P@@]1Cc2ccccc2[C@@H]1[C@H]1c2ccccc2C[P@]1C(C)(C)C.CN(C)c1ccccc1-c1ccccc1P(C1CCCCC1)C1CCCCC1.C[C@H](C1CCCC1P(C1CCCCC1)C1CCCCC1)P(C(C)(C)C)C(C)(C)C.[CH3-].[CH3-].[Fe+2]. The molecule has 0 aromatic heterocycles. The molecule has 2 unspecified atom stereocenters. The zero-order chi connectivity index (χ0) is 76.4. The van der Waals surface area contributed by atoms with Gasteiger partial charge in [0, 0.05) is 36.7 Å². The van der Waals surface area contributed by atoms with Crippen LogP contribution in [0.15, 0.2) is 97.1 Å². The predicted octanol–water partition coefficient (Wildman–Crippen LogP) is 33.7. The molecule has 4 aromatic carbocycles. The maximum atomic E-state index is 2.71. The van der Waals surface area contributed by atoms with Gasteiger partial charge in [-0.1, -0.05) is 394 Å². The molecular weight excluding hydrogens is 1490 g/mol. The Morgan fingerprint density at radius 1 is 0.358 bits per heavy atom. The van der Waals surface area contributed by atoms with Crippen LogP contribution in [0.3, 0.4) is 0 Å². The topological polar surface area (TPSA) is 3.24 Å². The van der Waals surface area contributed by atoms with Crippen LogP contribution < -0.4 is 10.2 Å². The molecule has 0 radical (unpaired) electrons. The van der Waals surface area contributed by atoms with E-state index in [4.69, 9.17) is 0 Å². The second-order valence-corrected chi connectivity index (χ2v) is 64.5. The minimum atomic E-state index is -0.0867. The third kappa shape index (κ3) is 25.4. The van der Waals surface area contributed by atoms with Gasteiger partial charge in [0.05, 0.1) is 0 Å². The maximum absolute atomic E-state index is 2.71. The molecule has 4 aromatic rings. The number of anilines is 1. The quantitative estimate of drug-likeness (QED) is 0.0776. The molecule has 4 heterocycles. The van der Waals surface area contributed by atoms with Gasteiger partial charge in [-0.15, -0.1) is 0 Å². The summed E-state index contributed by atoms with van der Waals surface area (Å²) in [7, 11) is 4.94. The molecule has 8 fully saturated rings. The summed E-state index contributed by atoms with van der Waals surface area (Å²) in [5.74, 6) is 1.04. The molecule has 10 aliphatic rings. The van der Waals surface area contributed by atoms with E-state index >= 15 is 0 Å². The number of fused-ring (bicyclic) bond motifs is 2. The first-order valence-electron chi connectivity index (χ1n) is 44.7. The molecule has 0 bridgehead atoms. The fourth-order valence-electron chi connectivity index (χ4n) is 23.1. The Hall–Kier alpha value is 0.209. The molecule has 6 saturated carbocycles. The van der Waals surface area contributed by atoms with Crippen LogP contribution in [0.25, 0.3) is 11.1 Å². The first kappa shape index (κ1) is 96.3. The largest absolute Gasteiger partial charge is 2.00 e. The van der Waals surface area contributed by atoms with E-state index < -0.39 is 0 Å². The van der Waals surface area contributed by atoms with Crippen LogP contribution in [-0.4, -0.2) is 103 Å². The van der Waals surface area contributed by atoms with Crippen molar-refractivity contribution in [3.8, 4) is 11.1 Å². The third-order valence-electron chi connectivity index (χ3n) is 27.3. The van der Waals surface area contributed by atoms with Crippen molar-refractivity contribution >= 4 is 66.4 Å². The van der Waals surface area contributed by atoms with E-state index in [0.29, 0.717) is 30.9 Å². The normalized spacial score (nSPS) is 26.9. The molecule has 14 rings (SSSR count). The van der Waals surface area contributed by atoms with Crippen LogP contribution in [0.2, 0.25) is 0 Å². The van der Waals surface area contributed by atoms with Crippen LogP contribution in [0, 0.1) is 20.8 Å². The molecule has 0 spiro atoms. The Morgan fingerprint density at radius 2 is 0.697 bits per heavy atom. The van der Waals surface area contributed by atoms with E-state index in [1.165, 1.54) is 158 Å². The average molecular weight is 1660 g/mol. The number of para-hydroxylation sites is 1. The minimum absolute atomic E-state index is 0. The summed E-state index contributed by atoms with van der Waals surface area (Å²) >= 11 is 0. The Balaban J connectivity index is 0.000000198. The second kappa shape index (κ2) is 43.4. The number of nitrogens with zero attached hydrogens (tertiary/aromatic N) is 1. The van der Waals surface area contributed by atoms with Gasteiger partial charge >= 0.3 is 17.1 Å². The zero-order valence-electron chi connectivity index (χ0n) is 75.0. The van der Waals surface area contributed by atoms with Gasteiger partial charge in [0.1, 0.15) is 0 Å². The van der Waals surface area contributed by atoms with Crippen molar-refractivity contribution in [2.24, 2.45) is 5.92 Å². The molecule has 616 valence electrons. The Bertz CT molecular complexity index is 3100. The summed E-state index contributed by atoms with van der Waals surface area (Å²) in [5.41, 5.74) is 20.8. The smallest absolute Gasteiger partial charge is 0.377 e. The fourth-order valence-corrected chi connectivity index (χ4v) is 52.9. The van der Waals surface area contributed by atoms with Gasteiger partial charge < -0.3 is 19.8 Å². The van der Waals surface area contributed by atoms with Crippen molar-refractivity contribution < 1.29 is 17.1 Å². The third-order valence-corrected chi connectivity index (χ3v) is 54.7. The molecule has 11 atom stereocenters. The summed E-state index contributed by atoms with van der Waals surface area (Å²) < 4.78 is 0. The molecule has 6 aliphatic carbocycles. The average Bonchev–Trinajstić information content (AvgIpc) is 1.57. The van der Waals surface area contributed by atoms with Gasteiger partial charge in [0.15, 0.2) is 0 Å². The molecule has 0 N–H and O–H groups in total. The summed E-state index contributed by atoms with van der Waals surface area (Å²) in [6, 6.07) is 37.2. The van der Waals surface area contributed by atoms with E-state index in [-0.39, 0.29) is 87.4 Å². The summed E-state index contributed by atoms with van der Waals surface area (Å²) in [6.45, 7) is 48.0. The van der Waals surface area contributed by atoms with Crippen molar-refractivity contribution in [1.29, 1.82) is 0 Å². The fraction of sp³-hybridized carbons (Fsp3) is 0.740. The number of hydrogen-bond donors (Lipinski definition) is 0. The van der Waals surface area contributed by atoms with E-state index in [9.17, 15) is 0 Å². The van der Waals surface area contributed by atoms with Gasteiger partial charge in [-0.3, -0.25) is 0 Å². The molecule has 109 heavy (non-hydrogen) atoms. The van der Waals surface area contributed by atoms with E-state index in [1.54, 1.807) is 117 Å². The van der Waals surface area contributed by atoms with Crippen LogP contribution in [0.5, 0.6) is 0 Å². The Morgan fingerprint density at radius 3 is 1.07 bits per heavy atom. The molecule has 4 aliphatic heterocycles. The minimum Gasteiger partial charge on any atom is -0.377 e. The van der Waals surface area contributed by atoms with Gasteiger partial charge in [-0.05, 0) is 236 Å². The van der Waals surface area contributed by atoms with Crippen LogP contribution in [0.4, 0.5) is 5.69 Å². The van der Waals surface area contributed by atoms with Crippen molar-refractivity contribution in [1.82, 2.24) is 0 Å². The number of hydrogen-bond acceptors (Lipinski definition) is 1. The molecule has 1 nitrogen and oxygen atoms in total. The predicted molar refractivity (Wildman–Crippen MR) is 508 cm³/mol. The molecular formula is C100H168FeNP7. The Labute approximate surface area is 697 Å². The van der Waals surface area contributed by atoms with Gasteiger partial charge in [0.25, 0.3) is 0 Å². The van der Waals surface area contributed by atoms with Crippen molar-refractivity contribution in [3.63, 3.8) is 0 Å². The van der Waals surface area contributed by atoms with Crippen molar-refractivity contribution in [2.45, 2.75) is 437 Å². The maximum Gasteiger partial charge on any atom is 2.00 e. The number of rotatable bonds is 12. The van der Waals surface area contributed by atoms with Gasteiger partial charge in [-0.2, -0.15) is 0 Å². The first-order valence-corrected chi connectivity index (χ1v) is 55.5. The monoisotopic (exact) mass is 1660 g/mol. The van der Waals surface area contributed by atoms with E-state index in [1.807, 2.05) is 0 Å². The first-order chi connectivity index (χ1) is 50.2. The zero-order valence-corrected chi connectivity index (χ0v) is 82.3. The van der Waals surface area contributed by atoms with Crippen molar-refractivity contribution in [3.05, 3.63) is 134 Å².